The summed E-state index contributed by atoms with van der Waals surface area (Å²) in [5, 5.41) is 7.84. The molecule has 0 aromatic heterocycles. The molecule has 0 heterocycles. The molecule has 0 spiro atoms. The van der Waals surface area contributed by atoms with Crippen LogP contribution in [0.4, 0.5) is 5.69 Å². The highest BCUT2D eigenvalue weighted by atomic mass is 35.5. The summed E-state index contributed by atoms with van der Waals surface area (Å²) in [6, 6.07) is 27.0. The molecule has 37 heavy (non-hydrogen) atoms. The van der Waals surface area contributed by atoms with E-state index >= 15 is 0 Å². The molecule has 0 atom stereocenters. The number of nitrogens with one attached hydrogen (secondary N) is 1. The maximum Gasteiger partial charge on any atom is 0.249 e. The largest absolute Gasteiger partial charge is 0.257 e. The van der Waals surface area contributed by atoms with E-state index in [-0.39, 0.29) is 0 Å². The Hall–Kier alpha value is -3.26. The topological polar surface area (TPSA) is 36.8 Å². The molecule has 0 aliphatic rings. The maximum absolute atomic E-state index is 6.09. The van der Waals surface area contributed by atoms with Gasteiger partial charge >= 0.3 is 0 Å². The van der Waals surface area contributed by atoms with E-state index in [0.29, 0.717) is 5.02 Å². The molecule has 5 heteroatoms. The number of hydrogen-bond acceptors (Lipinski definition) is 2. The molecule has 0 saturated carbocycles. The monoisotopic (exact) mass is 526 g/mol. The molecule has 188 valence electrons. The molecule has 4 aromatic rings. The fourth-order valence-corrected chi connectivity index (χ4v) is 9.10. The van der Waals surface area contributed by atoms with Crippen LogP contribution in [0.15, 0.2) is 94.8 Å². The van der Waals surface area contributed by atoms with E-state index < -0.39 is 7.41 Å². The van der Waals surface area contributed by atoms with Crippen LogP contribution in [0.5, 0.6) is 0 Å². The summed E-state index contributed by atoms with van der Waals surface area (Å²) in [5.41, 5.74) is 12.6. The Bertz CT molecular complexity index is 1350. The summed E-state index contributed by atoms with van der Waals surface area (Å²) in [7, 11) is -2.51. The Morgan fingerprint density at radius 2 is 1.16 bits per heavy atom. The Kier molecular flexibility index (Phi) is 8.27. The molecule has 0 aliphatic heterocycles. The fraction of sp³-hybridized carbons (Fsp3) is 0.188. The van der Waals surface area contributed by atoms with Gasteiger partial charge in [-0.2, -0.15) is 0 Å². The molecule has 3 nitrogen and oxygen atoms in total. The average Bonchev–Trinajstić information content (AvgIpc) is 2.83. The molecule has 0 amide bonds. The van der Waals surface area contributed by atoms with Crippen molar-refractivity contribution in [3.63, 3.8) is 0 Å². The van der Waals surface area contributed by atoms with Crippen LogP contribution in [0.25, 0.3) is 6.08 Å². The lowest BCUT2D eigenvalue weighted by Gasteiger charge is -2.24. The summed E-state index contributed by atoms with van der Waals surface area (Å²) >= 11 is 6.09. The Morgan fingerprint density at radius 1 is 0.676 bits per heavy atom. The standard InChI is InChI=1S/C32H34ClN3P/c1-22-18-24(3)31(25(4)19-22)37(17-16-28-10-8-7-9-11-28,32-26(5)20-23(2)21-27(32)6)36-35-34-30-14-12-29(33)13-15-30/h7-21H,1-6H3,(H,34,36)/q+1/b17-16+. The SMILES string of the molecule is Cc1cc(C)c([P+](/C=C/c2ccccc2)(/N=N/Nc2ccc(Cl)cc2)c2c(C)cc(C)cc2C)c(C)c1. The van der Waals surface area contributed by atoms with Crippen LogP contribution in [-0.4, -0.2) is 0 Å². The van der Waals surface area contributed by atoms with E-state index in [9.17, 15) is 0 Å². The van der Waals surface area contributed by atoms with Gasteiger partial charge in [-0.3, -0.25) is 5.43 Å². The fourth-order valence-electron chi connectivity index (χ4n) is 5.23. The molecule has 4 aromatic carbocycles. The van der Waals surface area contributed by atoms with Gasteiger partial charge in [-0.1, -0.05) is 77.3 Å². The van der Waals surface area contributed by atoms with Crippen LogP contribution < -0.4 is 16.0 Å². The number of aryl methyl sites for hydroxylation is 6. The van der Waals surface area contributed by atoms with Gasteiger partial charge in [0, 0.05) is 9.91 Å². The lowest BCUT2D eigenvalue weighted by molar-refractivity contribution is 1.18. The van der Waals surface area contributed by atoms with Crippen LogP contribution in [0.2, 0.25) is 5.02 Å². The molecule has 4 rings (SSSR count). The van der Waals surface area contributed by atoms with Crippen LogP contribution in [0.3, 0.4) is 0 Å². The highest BCUT2D eigenvalue weighted by molar-refractivity contribution is 7.91. The third kappa shape index (κ3) is 6.01. The van der Waals surface area contributed by atoms with E-state index in [1.165, 1.54) is 44.0 Å². The molecular weight excluding hydrogens is 493 g/mol. The first-order valence-corrected chi connectivity index (χ1v) is 14.6. The first-order valence-electron chi connectivity index (χ1n) is 12.4. The van der Waals surface area contributed by atoms with Crippen molar-refractivity contribution in [2.24, 2.45) is 10.1 Å². The molecule has 0 unspecified atom stereocenters. The first kappa shape index (κ1) is 26.8. The van der Waals surface area contributed by atoms with E-state index in [1.807, 2.05) is 30.3 Å². The molecule has 0 fully saturated rings. The highest BCUT2D eigenvalue weighted by Crippen LogP contribution is 2.63. The number of halogens is 1. The van der Waals surface area contributed by atoms with Gasteiger partial charge < -0.3 is 0 Å². The highest BCUT2D eigenvalue weighted by Gasteiger charge is 2.48. The predicted octanol–water partition coefficient (Wildman–Crippen LogP) is 9.22. The Balaban J connectivity index is 2.01. The number of anilines is 1. The van der Waals surface area contributed by atoms with Crippen molar-refractivity contribution in [2.75, 3.05) is 5.43 Å². The van der Waals surface area contributed by atoms with Crippen molar-refractivity contribution in [3.8, 4) is 0 Å². The van der Waals surface area contributed by atoms with Crippen molar-refractivity contribution in [3.05, 3.63) is 129 Å². The normalized spacial score (nSPS) is 12.0. The lowest BCUT2D eigenvalue weighted by atomic mass is 10.1. The van der Waals surface area contributed by atoms with Gasteiger partial charge in [0.2, 0.25) is 7.41 Å². The molecule has 0 bridgehead atoms. The van der Waals surface area contributed by atoms with Gasteiger partial charge in [0.15, 0.2) is 0 Å². The van der Waals surface area contributed by atoms with Crippen molar-refractivity contribution >= 4 is 41.4 Å². The average molecular weight is 527 g/mol. The zero-order valence-corrected chi connectivity index (χ0v) is 24.0. The minimum atomic E-state index is -2.51. The zero-order valence-electron chi connectivity index (χ0n) is 22.4. The second-order valence-corrected chi connectivity index (χ2v) is 12.9. The lowest BCUT2D eigenvalue weighted by Crippen LogP contribution is -2.27. The number of hydrogen-bond donors (Lipinski definition) is 1. The van der Waals surface area contributed by atoms with Crippen LogP contribution >= 0.6 is 19.0 Å². The Labute approximate surface area is 226 Å². The summed E-state index contributed by atoms with van der Waals surface area (Å²) in [6.07, 6.45) is 2.20. The molecule has 0 saturated heterocycles. The van der Waals surface area contributed by atoms with Crippen LogP contribution in [-0.2, 0) is 0 Å². The third-order valence-electron chi connectivity index (χ3n) is 6.44. The Morgan fingerprint density at radius 3 is 1.65 bits per heavy atom. The molecule has 0 aliphatic carbocycles. The minimum absolute atomic E-state index is 0.687. The maximum atomic E-state index is 6.09. The van der Waals surface area contributed by atoms with Crippen molar-refractivity contribution in [2.45, 2.75) is 41.5 Å². The molecule has 0 radical (unpaired) electrons. The summed E-state index contributed by atoms with van der Waals surface area (Å²) < 4.78 is 0. The molecule has 1 N–H and O–H groups in total. The number of benzene rings is 4. The summed E-state index contributed by atoms with van der Waals surface area (Å²) in [6.45, 7) is 13.1. The van der Waals surface area contributed by atoms with E-state index in [2.05, 4.69) is 113 Å². The van der Waals surface area contributed by atoms with Crippen molar-refractivity contribution in [1.82, 2.24) is 0 Å². The van der Waals surface area contributed by atoms with Gasteiger partial charge in [-0.25, -0.2) is 0 Å². The van der Waals surface area contributed by atoms with Crippen LogP contribution in [0, 0.1) is 41.5 Å². The minimum Gasteiger partial charge on any atom is -0.257 e. The second-order valence-electron chi connectivity index (χ2n) is 9.71. The van der Waals surface area contributed by atoms with Crippen molar-refractivity contribution < 1.29 is 0 Å². The second kappa shape index (κ2) is 11.4. The zero-order chi connectivity index (χ0) is 26.6. The number of rotatable bonds is 7. The third-order valence-corrected chi connectivity index (χ3v) is 10.4. The van der Waals surface area contributed by atoms with Gasteiger partial charge in [0.25, 0.3) is 0 Å². The van der Waals surface area contributed by atoms with Gasteiger partial charge in [0.1, 0.15) is 10.6 Å². The van der Waals surface area contributed by atoms with Gasteiger partial charge in [-0.05, 0) is 105 Å². The smallest absolute Gasteiger partial charge is 0.249 e. The van der Waals surface area contributed by atoms with Gasteiger partial charge in [0.05, 0.1) is 11.5 Å². The summed E-state index contributed by atoms with van der Waals surface area (Å²) in [4.78, 5) is 5.24. The van der Waals surface area contributed by atoms with E-state index in [0.717, 1.165) is 11.3 Å². The predicted molar refractivity (Wildman–Crippen MR) is 163 cm³/mol. The molecular formula is C32H34ClN3P+. The van der Waals surface area contributed by atoms with Crippen LogP contribution in [0.1, 0.15) is 38.9 Å². The van der Waals surface area contributed by atoms with Crippen molar-refractivity contribution in [1.29, 1.82) is 0 Å². The van der Waals surface area contributed by atoms with E-state index in [4.69, 9.17) is 16.5 Å². The van der Waals surface area contributed by atoms with E-state index in [1.54, 1.807) is 0 Å². The summed E-state index contributed by atoms with van der Waals surface area (Å²) in [5.74, 6) is 2.31. The number of nitrogens with zero attached hydrogens (tertiary/aromatic N) is 2. The van der Waals surface area contributed by atoms with Gasteiger partial charge in [-0.15, -0.1) is 0 Å². The quantitative estimate of drug-likeness (QED) is 0.145. The first-order chi connectivity index (χ1) is 17.7.